The summed E-state index contributed by atoms with van der Waals surface area (Å²) >= 11 is 0. The SMILES string of the molecule is COCC(O)CNC(=O)c1ccc2ccccc2n1. The maximum atomic E-state index is 11.9. The van der Waals surface area contributed by atoms with E-state index >= 15 is 0 Å². The van der Waals surface area contributed by atoms with Crippen molar-refractivity contribution in [1.82, 2.24) is 10.3 Å². The van der Waals surface area contributed by atoms with Crippen molar-refractivity contribution in [2.75, 3.05) is 20.3 Å². The number of nitrogens with zero attached hydrogens (tertiary/aromatic N) is 1. The number of aliphatic hydroxyl groups is 1. The van der Waals surface area contributed by atoms with Gasteiger partial charge in [0.05, 0.1) is 18.2 Å². The van der Waals surface area contributed by atoms with Gasteiger partial charge in [0.25, 0.3) is 5.91 Å². The van der Waals surface area contributed by atoms with Gasteiger partial charge in [-0.05, 0) is 12.1 Å². The average molecular weight is 260 g/mol. The first-order chi connectivity index (χ1) is 9.20. The van der Waals surface area contributed by atoms with E-state index in [1.165, 1.54) is 7.11 Å². The smallest absolute Gasteiger partial charge is 0.269 e. The summed E-state index contributed by atoms with van der Waals surface area (Å²) in [5, 5.41) is 13.1. The second-order valence-electron chi connectivity index (χ2n) is 4.21. The molecule has 5 heteroatoms. The predicted octanol–water partition coefficient (Wildman–Crippen LogP) is 0.972. The van der Waals surface area contributed by atoms with E-state index < -0.39 is 6.10 Å². The third kappa shape index (κ3) is 3.49. The molecule has 1 heterocycles. The van der Waals surface area contributed by atoms with Crippen LogP contribution < -0.4 is 5.32 Å². The van der Waals surface area contributed by atoms with Crippen LogP contribution in [0.3, 0.4) is 0 Å². The molecule has 2 rings (SSSR count). The van der Waals surface area contributed by atoms with Crippen molar-refractivity contribution >= 4 is 16.8 Å². The number of rotatable bonds is 5. The van der Waals surface area contributed by atoms with Gasteiger partial charge in [-0.2, -0.15) is 0 Å². The van der Waals surface area contributed by atoms with Gasteiger partial charge in [-0.25, -0.2) is 4.98 Å². The lowest BCUT2D eigenvalue weighted by atomic mass is 10.2. The fourth-order valence-corrected chi connectivity index (χ4v) is 1.74. The maximum absolute atomic E-state index is 11.9. The van der Waals surface area contributed by atoms with Crippen LogP contribution in [0.15, 0.2) is 36.4 Å². The van der Waals surface area contributed by atoms with Crippen molar-refractivity contribution in [1.29, 1.82) is 0 Å². The lowest BCUT2D eigenvalue weighted by molar-refractivity contribution is 0.0608. The number of benzene rings is 1. The first kappa shape index (κ1) is 13.5. The molecule has 0 radical (unpaired) electrons. The van der Waals surface area contributed by atoms with Gasteiger partial charge in [-0.15, -0.1) is 0 Å². The molecular formula is C14H16N2O3. The van der Waals surface area contributed by atoms with Crippen LogP contribution >= 0.6 is 0 Å². The number of aliphatic hydroxyl groups excluding tert-OH is 1. The first-order valence-corrected chi connectivity index (χ1v) is 6.01. The third-order valence-corrected chi connectivity index (χ3v) is 2.69. The van der Waals surface area contributed by atoms with Crippen molar-refractivity contribution in [2.24, 2.45) is 0 Å². The Labute approximate surface area is 111 Å². The number of methoxy groups -OCH3 is 1. The molecule has 100 valence electrons. The van der Waals surface area contributed by atoms with Crippen LogP contribution in [-0.4, -0.2) is 42.4 Å². The van der Waals surface area contributed by atoms with Crippen LogP contribution in [0.2, 0.25) is 0 Å². The van der Waals surface area contributed by atoms with Gasteiger partial charge < -0.3 is 15.2 Å². The molecule has 0 bridgehead atoms. The number of nitrogens with one attached hydrogen (secondary N) is 1. The molecule has 5 nitrogen and oxygen atoms in total. The number of carbonyl (C=O) groups is 1. The van der Waals surface area contributed by atoms with E-state index in [0.717, 1.165) is 10.9 Å². The molecule has 0 aliphatic rings. The highest BCUT2D eigenvalue weighted by molar-refractivity contribution is 5.94. The van der Waals surface area contributed by atoms with Gasteiger partial charge in [-0.3, -0.25) is 4.79 Å². The highest BCUT2D eigenvalue weighted by atomic mass is 16.5. The van der Waals surface area contributed by atoms with Crippen LogP contribution in [-0.2, 0) is 4.74 Å². The molecule has 1 aromatic carbocycles. The highest BCUT2D eigenvalue weighted by Gasteiger charge is 2.10. The molecule has 2 N–H and O–H groups in total. The molecule has 2 aromatic rings. The molecule has 19 heavy (non-hydrogen) atoms. The molecule has 0 fully saturated rings. The van der Waals surface area contributed by atoms with E-state index in [2.05, 4.69) is 10.3 Å². The van der Waals surface area contributed by atoms with E-state index in [1.54, 1.807) is 6.07 Å². The number of carbonyl (C=O) groups excluding carboxylic acids is 1. The Morgan fingerprint density at radius 1 is 1.37 bits per heavy atom. The van der Waals surface area contributed by atoms with Crippen molar-refractivity contribution < 1.29 is 14.6 Å². The second-order valence-corrected chi connectivity index (χ2v) is 4.21. The Balaban J connectivity index is 2.05. The lowest BCUT2D eigenvalue weighted by Gasteiger charge is -2.10. The summed E-state index contributed by atoms with van der Waals surface area (Å²) in [6.07, 6.45) is -0.714. The van der Waals surface area contributed by atoms with Crippen molar-refractivity contribution in [3.63, 3.8) is 0 Å². The Morgan fingerprint density at radius 3 is 2.95 bits per heavy atom. The zero-order valence-electron chi connectivity index (χ0n) is 10.7. The van der Waals surface area contributed by atoms with Crippen molar-refractivity contribution in [2.45, 2.75) is 6.10 Å². The van der Waals surface area contributed by atoms with E-state index in [1.807, 2.05) is 30.3 Å². The number of aromatic nitrogens is 1. The number of amides is 1. The normalized spacial score (nSPS) is 12.3. The molecule has 0 aliphatic carbocycles. The summed E-state index contributed by atoms with van der Waals surface area (Å²) < 4.78 is 4.78. The van der Waals surface area contributed by atoms with E-state index in [0.29, 0.717) is 5.69 Å². The van der Waals surface area contributed by atoms with Crippen LogP contribution in [0, 0.1) is 0 Å². The van der Waals surface area contributed by atoms with E-state index in [9.17, 15) is 9.90 Å². The molecule has 1 amide bonds. The van der Waals surface area contributed by atoms with Gasteiger partial charge >= 0.3 is 0 Å². The van der Waals surface area contributed by atoms with E-state index in [4.69, 9.17) is 4.74 Å². The number of hydrogen-bond acceptors (Lipinski definition) is 4. The minimum Gasteiger partial charge on any atom is -0.389 e. The number of hydrogen-bond donors (Lipinski definition) is 2. The van der Waals surface area contributed by atoms with Gasteiger partial charge in [0.15, 0.2) is 0 Å². The van der Waals surface area contributed by atoms with Crippen LogP contribution in [0.25, 0.3) is 10.9 Å². The highest BCUT2D eigenvalue weighted by Crippen LogP contribution is 2.11. The lowest BCUT2D eigenvalue weighted by Crippen LogP contribution is -2.34. The third-order valence-electron chi connectivity index (χ3n) is 2.69. The summed E-state index contributed by atoms with van der Waals surface area (Å²) in [6, 6.07) is 11.1. The number of ether oxygens (including phenoxy) is 1. The zero-order valence-corrected chi connectivity index (χ0v) is 10.7. The minimum absolute atomic E-state index is 0.140. The van der Waals surface area contributed by atoms with Gasteiger partial charge in [-0.1, -0.05) is 24.3 Å². The van der Waals surface area contributed by atoms with E-state index in [-0.39, 0.29) is 19.1 Å². The van der Waals surface area contributed by atoms with Gasteiger partial charge in [0, 0.05) is 19.0 Å². The van der Waals surface area contributed by atoms with Gasteiger partial charge in [0.2, 0.25) is 0 Å². The topological polar surface area (TPSA) is 71.5 Å². The predicted molar refractivity (Wildman–Crippen MR) is 72.0 cm³/mol. The fourth-order valence-electron chi connectivity index (χ4n) is 1.74. The monoisotopic (exact) mass is 260 g/mol. The number of pyridine rings is 1. The summed E-state index contributed by atoms with van der Waals surface area (Å²) in [5.74, 6) is -0.305. The van der Waals surface area contributed by atoms with Crippen LogP contribution in [0.1, 0.15) is 10.5 Å². The number of para-hydroxylation sites is 1. The summed E-state index contributed by atoms with van der Waals surface area (Å²) in [5.41, 5.74) is 1.11. The maximum Gasteiger partial charge on any atom is 0.269 e. The largest absolute Gasteiger partial charge is 0.389 e. The summed E-state index contributed by atoms with van der Waals surface area (Å²) in [7, 11) is 1.50. The molecule has 1 atom stereocenters. The summed E-state index contributed by atoms with van der Waals surface area (Å²) in [6.45, 7) is 0.326. The van der Waals surface area contributed by atoms with Crippen LogP contribution in [0.5, 0.6) is 0 Å². The molecule has 1 unspecified atom stereocenters. The Hall–Kier alpha value is -1.98. The zero-order chi connectivity index (χ0) is 13.7. The van der Waals surface area contributed by atoms with Crippen molar-refractivity contribution in [3.8, 4) is 0 Å². The molecular weight excluding hydrogens is 244 g/mol. The van der Waals surface area contributed by atoms with Gasteiger partial charge in [0.1, 0.15) is 5.69 Å². The molecule has 0 aliphatic heterocycles. The molecule has 0 saturated carbocycles. The quantitative estimate of drug-likeness (QED) is 0.840. The van der Waals surface area contributed by atoms with Crippen molar-refractivity contribution in [3.05, 3.63) is 42.1 Å². The summed E-state index contributed by atoms with van der Waals surface area (Å²) in [4.78, 5) is 16.1. The fraction of sp³-hybridized carbons (Fsp3) is 0.286. The minimum atomic E-state index is -0.714. The molecule has 1 aromatic heterocycles. The second kappa shape index (κ2) is 6.26. The molecule has 0 saturated heterocycles. The standard InChI is InChI=1S/C14H16N2O3/c1-19-9-11(17)8-15-14(18)13-7-6-10-4-2-3-5-12(10)16-13/h2-7,11,17H,8-9H2,1H3,(H,15,18). The Bertz CT molecular complexity index is 571. The Kier molecular flexibility index (Phi) is 4.43. The Morgan fingerprint density at radius 2 is 2.16 bits per heavy atom. The first-order valence-electron chi connectivity index (χ1n) is 6.01. The number of fused-ring (bicyclic) bond motifs is 1. The van der Waals surface area contributed by atoms with Crippen LogP contribution in [0.4, 0.5) is 0 Å². The molecule has 0 spiro atoms. The average Bonchev–Trinajstić information content (AvgIpc) is 2.44.